The molecule has 92 valence electrons. The van der Waals surface area contributed by atoms with Crippen molar-refractivity contribution in [2.75, 3.05) is 13.1 Å². The summed E-state index contributed by atoms with van der Waals surface area (Å²) in [6, 6.07) is 1.39. The summed E-state index contributed by atoms with van der Waals surface area (Å²) in [7, 11) is 1.51. The lowest BCUT2D eigenvalue weighted by Crippen LogP contribution is -2.40. The Kier molecular flexibility index (Phi) is 3.81. The summed E-state index contributed by atoms with van der Waals surface area (Å²) in [5, 5.41) is 21.0. The van der Waals surface area contributed by atoms with Crippen LogP contribution in [0.5, 0.6) is 0 Å². The zero-order valence-corrected chi connectivity index (χ0v) is 9.03. The number of aromatic nitrogens is 2. The first-order chi connectivity index (χ1) is 7.91. The number of hydrogen-bond donors (Lipinski definition) is 2. The van der Waals surface area contributed by atoms with Crippen molar-refractivity contribution in [3.05, 3.63) is 18.0 Å². The molecule has 0 aliphatic rings. The molecule has 0 aromatic carbocycles. The zero-order valence-electron chi connectivity index (χ0n) is 9.03. The number of rotatable bonds is 5. The Morgan fingerprint density at radius 1 is 1.29 bits per heavy atom. The van der Waals surface area contributed by atoms with Crippen molar-refractivity contribution in [1.82, 2.24) is 14.7 Å². The average molecular weight is 241 g/mol. The molecule has 1 aromatic heterocycles. The van der Waals surface area contributed by atoms with Crippen LogP contribution in [0.15, 0.2) is 12.3 Å². The van der Waals surface area contributed by atoms with Crippen molar-refractivity contribution in [2.45, 2.75) is 0 Å². The van der Waals surface area contributed by atoms with Crippen LogP contribution in [0.25, 0.3) is 0 Å². The molecule has 1 heterocycles. The van der Waals surface area contributed by atoms with E-state index in [4.69, 9.17) is 10.2 Å². The molecule has 8 nitrogen and oxygen atoms in total. The van der Waals surface area contributed by atoms with Crippen molar-refractivity contribution in [3.8, 4) is 0 Å². The van der Waals surface area contributed by atoms with Crippen LogP contribution in [0.3, 0.4) is 0 Å². The van der Waals surface area contributed by atoms with Crippen LogP contribution in [0.4, 0.5) is 0 Å². The molecule has 0 saturated heterocycles. The van der Waals surface area contributed by atoms with E-state index in [1.807, 2.05) is 0 Å². The number of carbonyl (C=O) groups excluding carboxylic acids is 1. The molecule has 0 aliphatic heterocycles. The summed E-state index contributed by atoms with van der Waals surface area (Å²) in [5.74, 6) is -3.24. The monoisotopic (exact) mass is 241 g/mol. The molecule has 0 spiro atoms. The number of amides is 1. The summed E-state index contributed by atoms with van der Waals surface area (Å²) < 4.78 is 1.25. The van der Waals surface area contributed by atoms with Gasteiger partial charge in [0.15, 0.2) is 0 Å². The summed E-state index contributed by atoms with van der Waals surface area (Å²) >= 11 is 0. The SMILES string of the molecule is Cn1nccc1C(=O)N(CC(=O)O)CC(=O)O. The van der Waals surface area contributed by atoms with Gasteiger partial charge in [-0.25, -0.2) is 0 Å². The van der Waals surface area contributed by atoms with Gasteiger partial charge in [-0.2, -0.15) is 5.10 Å². The number of hydrogen-bond acceptors (Lipinski definition) is 4. The lowest BCUT2D eigenvalue weighted by molar-refractivity contribution is -0.140. The van der Waals surface area contributed by atoms with Gasteiger partial charge in [-0.3, -0.25) is 19.1 Å². The smallest absolute Gasteiger partial charge is 0.323 e. The first-order valence-electron chi connectivity index (χ1n) is 4.62. The van der Waals surface area contributed by atoms with Gasteiger partial charge in [0.1, 0.15) is 18.8 Å². The summed E-state index contributed by atoms with van der Waals surface area (Å²) in [4.78, 5) is 33.6. The van der Waals surface area contributed by atoms with E-state index in [-0.39, 0.29) is 5.69 Å². The van der Waals surface area contributed by atoms with Gasteiger partial charge in [0.25, 0.3) is 5.91 Å². The Labute approximate surface area is 96.1 Å². The summed E-state index contributed by atoms with van der Waals surface area (Å²) in [6.45, 7) is -1.34. The van der Waals surface area contributed by atoms with Crippen molar-refractivity contribution in [1.29, 1.82) is 0 Å². The zero-order chi connectivity index (χ0) is 13.0. The van der Waals surface area contributed by atoms with E-state index in [1.54, 1.807) is 0 Å². The Bertz CT molecular complexity index is 437. The molecule has 0 fully saturated rings. The second-order valence-electron chi connectivity index (χ2n) is 3.29. The Morgan fingerprint density at radius 2 is 1.82 bits per heavy atom. The molecule has 1 aromatic rings. The predicted octanol–water partition coefficient (Wildman–Crippen LogP) is -0.968. The molecule has 2 N–H and O–H groups in total. The largest absolute Gasteiger partial charge is 0.480 e. The molecular weight excluding hydrogens is 230 g/mol. The maximum Gasteiger partial charge on any atom is 0.323 e. The first-order valence-corrected chi connectivity index (χ1v) is 4.62. The van der Waals surface area contributed by atoms with Gasteiger partial charge in [-0.15, -0.1) is 0 Å². The highest BCUT2D eigenvalue weighted by atomic mass is 16.4. The van der Waals surface area contributed by atoms with Crippen LogP contribution in [-0.2, 0) is 16.6 Å². The van der Waals surface area contributed by atoms with Gasteiger partial charge >= 0.3 is 11.9 Å². The maximum atomic E-state index is 11.8. The quantitative estimate of drug-likeness (QED) is 0.685. The molecule has 0 radical (unpaired) electrons. The van der Waals surface area contributed by atoms with Crippen LogP contribution in [-0.4, -0.2) is 55.8 Å². The molecule has 0 bridgehead atoms. The number of carboxylic acids is 2. The maximum absolute atomic E-state index is 11.8. The average Bonchev–Trinajstić information content (AvgIpc) is 2.61. The fraction of sp³-hybridized carbons (Fsp3) is 0.333. The van der Waals surface area contributed by atoms with Gasteiger partial charge in [-0.1, -0.05) is 0 Å². The third-order valence-corrected chi connectivity index (χ3v) is 1.98. The van der Waals surface area contributed by atoms with Crippen molar-refractivity contribution in [3.63, 3.8) is 0 Å². The Balaban J connectivity index is 2.90. The number of nitrogens with zero attached hydrogens (tertiary/aromatic N) is 3. The third kappa shape index (κ3) is 3.30. The van der Waals surface area contributed by atoms with E-state index in [0.717, 1.165) is 4.90 Å². The standard InChI is InChI=1S/C9H11N3O5/c1-11-6(2-3-10-11)9(17)12(4-7(13)14)5-8(15)16/h2-3H,4-5H2,1H3,(H,13,14)(H,15,16). The molecule has 1 rings (SSSR count). The third-order valence-electron chi connectivity index (χ3n) is 1.98. The molecule has 8 heteroatoms. The second kappa shape index (κ2) is 5.10. The molecule has 0 saturated carbocycles. The normalized spacial score (nSPS) is 9.94. The Hall–Kier alpha value is -2.38. The van der Waals surface area contributed by atoms with Crippen molar-refractivity contribution < 1.29 is 24.6 Å². The highest BCUT2D eigenvalue weighted by Crippen LogP contribution is 2.03. The van der Waals surface area contributed by atoms with Crippen LogP contribution in [0, 0.1) is 0 Å². The molecule has 0 unspecified atom stereocenters. The lowest BCUT2D eigenvalue weighted by Gasteiger charge is -2.18. The number of carboxylic acid groups (broad SMARTS) is 2. The highest BCUT2D eigenvalue weighted by Gasteiger charge is 2.22. The van der Waals surface area contributed by atoms with E-state index in [0.29, 0.717) is 0 Å². The predicted molar refractivity (Wildman–Crippen MR) is 54.4 cm³/mol. The Morgan fingerprint density at radius 3 is 2.18 bits per heavy atom. The highest BCUT2D eigenvalue weighted by molar-refractivity contribution is 5.96. The minimum Gasteiger partial charge on any atom is -0.480 e. The van der Waals surface area contributed by atoms with E-state index >= 15 is 0 Å². The number of aryl methyl sites for hydroxylation is 1. The molecule has 0 aliphatic carbocycles. The van der Waals surface area contributed by atoms with E-state index in [9.17, 15) is 14.4 Å². The van der Waals surface area contributed by atoms with Crippen LogP contribution < -0.4 is 0 Å². The summed E-state index contributed by atoms with van der Waals surface area (Å²) in [5.41, 5.74) is 0.132. The van der Waals surface area contributed by atoms with E-state index in [1.165, 1.54) is 24.0 Å². The van der Waals surface area contributed by atoms with Gasteiger partial charge in [0, 0.05) is 13.2 Å². The number of aliphatic carboxylic acids is 2. The minimum absolute atomic E-state index is 0.132. The van der Waals surface area contributed by atoms with Crippen LogP contribution in [0.1, 0.15) is 10.5 Å². The van der Waals surface area contributed by atoms with Gasteiger partial charge in [0.05, 0.1) is 0 Å². The number of carbonyl (C=O) groups is 3. The van der Waals surface area contributed by atoms with E-state index in [2.05, 4.69) is 5.10 Å². The molecule has 1 amide bonds. The lowest BCUT2D eigenvalue weighted by atomic mass is 10.3. The van der Waals surface area contributed by atoms with Gasteiger partial charge < -0.3 is 15.1 Å². The van der Waals surface area contributed by atoms with Crippen molar-refractivity contribution >= 4 is 17.8 Å². The second-order valence-corrected chi connectivity index (χ2v) is 3.29. The minimum atomic E-state index is -1.28. The summed E-state index contributed by atoms with van der Waals surface area (Å²) in [6.07, 6.45) is 1.37. The topological polar surface area (TPSA) is 113 Å². The van der Waals surface area contributed by atoms with Gasteiger partial charge in [-0.05, 0) is 6.07 Å². The molecule has 17 heavy (non-hydrogen) atoms. The van der Waals surface area contributed by atoms with E-state index < -0.39 is 30.9 Å². The molecular formula is C9H11N3O5. The molecule has 0 atom stereocenters. The van der Waals surface area contributed by atoms with Crippen LogP contribution in [0.2, 0.25) is 0 Å². The van der Waals surface area contributed by atoms with Crippen molar-refractivity contribution in [2.24, 2.45) is 7.05 Å². The first kappa shape index (κ1) is 12.7. The fourth-order valence-corrected chi connectivity index (χ4v) is 1.27. The fourth-order valence-electron chi connectivity index (χ4n) is 1.27. The van der Waals surface area contributed by atoms with Crippen LogP contribution >= 0.6 is 0 Å². The van der Waals surface area contributed by atoms with Gasteiger partial charge in [0.2, 0.25) is 0 Å².